The summed E-state index contributed by atoms with van der Waals surface area (Å²) in [4.78, 5) is 49.1. The molecule has 0 amide bonds. The molecule has 0 saturated heterocycles. The number of ether oxygens (including phenoxy) is 4. The SMILES string of the molecule is C=C(C)C(=O)OC(CCC)OC(=O)c1ccccc1C(=O)OC(CCC)OC(=O)C(=C)C. The molecule has 174 valence electrons. The third-order valence-electron chi connectivity index (χ3n) is 4.07. The second-order valence-corrected chi connectivity index (χ2v) is 7.16. The molecule has 0 aliphatic rings. The van der Waals surface area contributed by atoms with Crippen LogP contribution < -0.4 is 0 Å². The Bertz CT molecular complexity index is 800. The lowest BCUT2D eigenvalue weighted by Crippen LogP contribution is -2.28. The summed E-state index contributed by atoms with van der Waals surface area (Å²) in [5, 5.41) is 0. The van der Waals surface area contributed by atoms with E-state index in [1.165, 1.54) is 26.0 Å². The van der Waals surface area contributed by atoms with Crippen molar-refractivity contribution in [2.45, 2.75) is 66.0 Å². The van der Waals surface area contributed by atoms with Crippen LogP contribution in [0.15, 0.2) is 48.6 Å². The van der Waals surface area contributed by atoms with E-state index in [9.17, 15) is 19.2 Å². The zero-order valence-electron chi connectivity index (χ0n) is 19.0. The molecular formula is C24H30O8. The van der Waals surface area contributed by atoms with Gasteiger partial charge in [-0.1, -0.05) is 39.1 Å². The Labute approximate surface area is 188 Å². The molecule has 0 saturated carbocycles. The van der Waals surface area contributed by atoms with Crippen molar-refractivity contribution in [2.24, 2.45) is 0 Å². The number of benzene rings is 1. The van der Waals surface area contributed by atoms with Crippen LogP contribution in [0, 0.1) is 0 Å². The van der Waals surface area contributed by atoms with Gasteiger partial charge in [0.25, 0.3) is 0 Å². The van der Waals surface area contributed by atoms with Gasteiger partial charge in [0, 0.05) is 24.0 Å². The Kier molecular flexibility index (Phi) is 10.9. The maximum atomic E-state index is 12.7. The van der Waals surface area contributed by atoms with Gasteiger partial charge >= 0.3 is 23.9 Å². The molecule has 2 atom stereocenters. The predicted molar refractivity (Wildman–Crippen MR) is 116 cm³/mol. The highest BCUT2D eigenvalue weighted by Crippen LogP contribution is 2.18. The van der Waals surface area contributed by atoms with Gasteiger partial charge in [0.15, 0.2) is 0 Å². The lowest BCUT2D eigenvalue weighted by molar-refractivity contribution is -0.166. The lowest BCUT2D eigenvalue weighted by atomic mass is 10.1. The molecular weight excluding hydrogens is 416 g/mol. The monoisotopic (exact) mass is 446 g/mol. The van der Waals surface area contributed by atoms with Gasteiger partial charge in [0.2, 0.25) is 12.6 Å². The summed E-state index contributed by atoms with van der Waals surface area (Å²) >= 11 is 0. The normalized spacial score (nSPS) is 12.1. The van der Waals surface area contributed by atoms with E-state index in [1.54, 1.807) is 12.1 Å². The first-order valence-corrected chi connectivity index (χ1v) is 10.3. The molecule has 0 aromatic heterocycles. The molecule has 0 heterocycles. The molecule has 0 bridgehead atoms. The Morgan fingerprint density at radius 1 is 0.719 bits per heavy atom. The van der Waals surface area contributed by atoms with Gasteiger partial charge in [-0.15, -0.1) is 0 Å². The van der Waals surface area contributed by atoms with Crippen LogP contribution in [-0.4, -0.2) is 36.5 Å². The van der Waals surface area contributed by atoms with E-state index < -0.39 is 36.5 Å². The van der Waals surface area contributed by atoms with Gasteiger partial charge in [0.1, 0.15) is 0 Å². The standard InChI is InChI=1S/C24H30O8/c1-7-11-19(29-21(25)15(3)4)31-23(27)17-13-9-10-14-18(17)24(28)32-20(12-8-2)30-22(26)16(5)6/h9-10,13-14,19-20H,3,5,7-8,11-12H2,1-2,4,6H3. The Balaban J connectivity index is 3.03. The molecule has 1 rings (SSSR count). The van der Waals surface area contributed by atoms with Crippen molar-refractivity contribution in [3.8, 4) is 0 Å². The van der Waals surface area contributed by atoms with Crippen molar-refractivity contribution in [3.63, 3.8) is 0 Å². The van der Waals surface area contributed by atoms with Gasteiger partial charge in [-0.25, -0.2) is 19.2 Å². The summed E-state index contributed by atoms with van der Waals surface area (Å²) in [5.41, 5.74) is 0.174. The van der Waals surface area contributed by atoms with E-state index >= 15 is 0 Å². The molecule has 0 fully saturated rings. The summed E-state index contributed by atoms with van der Waals surface area (Å²) in [7, 11) is 0. The number of carbonyl (C=O) groups is 4. The first-order chi connectivity index (χ1) is 15.1. The van der Waals surface area contributed by atoms with Crippen LogP contribution in [0.5, 0.6) is 0 Å². The second-order valence-electron chi connectivity index (χ2n) is 7.16. The van der Waals surface area contributed by atoms with Crippen molar-refractivity contribution in [3.05, 3.63) is 59.7 Å². The molecule has 0 radical (unpaired) electrons. The molecule has 2 unspecified atom stereocenters. The van der Waals surface area contributed by atoms with Crippen LogP contribution in [0.2, 0.25) is 0 Å². The van der Waals surface area contributed by atoms with Crippen LogP contribution >= 0.6 is 0 Å². The van der Waals surface area contributed by atoms with E-state index in [1.807, 2.05) is 13.8 Å². The van der Waals surface area contributed by atoms with Crippen molar-refractivity contribution < 1.29 is 38.1 Å². The smallest absolute Gasteiger partial charge is 0.342 e. The van der Waals surface area contributed by atoms with Gasteiger partial charge < -0.3 is 18.9 Å². The molecule has 1 aromatic rings. The average molecular weight is 446 g/mol. The van der Waals surface area contributed by atoms with Gasteiger partial charge in [-0.3, -0.25) is 0 Å². The zero-order valence-corrected chi connectivity index (χ0v) is 19.0. The van der Waals surface area contributed by atoms with Gasteiger partial charge in [0.05, 0.1) is 11.1 Å². The largest absolute Gasteiger partial charge is 0.422 e. The first kappa shape index (κ1) is 26.6. The molecule has 0 aliphatic heterocycles. The van der Waals surface area contributed by atoms with E-state index in [-0.39, 0.29) is 35.1 Å². The highest BCUT2D eigenvalue weighted by atomic mass is 16.7. The second kappa shape index (κ2) is 13.1. The highest BCUT2D eigenvalue weighted by molar-refractivity contribution is 6.03. The predicted octanol–water partition coefficient (Wildman–Crippen LogP) is 4.49. The molecule has 1 aromatic carbocycles. The van der Waals surface area contributed by atoms with Gasteiger partial charge in [-0.05, 0) is 38.8 Å². The minimum atomic E-state index is -1.13. The van der Waals surface area contributed by atoms with E-state index in [0.717, 1.165) is 0 Å². The molecule has 8 nitrogen and oxygen atoms in total. The molecule has 0 aliphatic carbocycles. The maximum absolute atomic E-state index is 12.7. The Morgan fingerprint density at radius 3 is 1.34 bits per heavy atom. The summed E-state index contributed by atoms with van der Waals surface area (Å²) < 4.78 is 20.9. The summed E-state index contributed by atoms with van der Waals surface area (Å²) in [6, 6.07) is 5.87. The highest BCUT2D eigenvalue weighted by Gasteiger charge is 2.26. The third-order valence-corrected chi connectivity index (χ3v) is 4.07. The number of carbonyl (C=O) groups excluding carboxylic acids is 4. The topological polar surface area (TPSA) is 105 Å². The van der Waals surface area contributed by atoms with Crippen LogP contribution in [0.1, 0.15) is 74.1 Å². The first-order valence-electron chi connectivity index (χ1n) is 10.3. The number of esters is 4. The maximum Gasteiger partial charge on any atom is 0.342 e. The molecule has 0 spiro atoms. The Hall–Kier alpha value is -3.42. The van der Waals surface area contributed by atoms with E-state index in [2.05, 4.69) is 13.2 Å². The molecule has 32 heavy (non-hydrogen) atoms. The number of hydrogen-bond donors (Lipinski definition) is 0. The third kappa shape index (κ3) is 8.37. The zero-order chi connectivity index (χ0) is 24.3. The fraction of sp³-hybridized carbons (Fsp3) is 0.417. The van der Waals surface area contributed by atoms with Crippen molar-refractivity contribution >= 4 is 23.9 Å². The van der Waals surface area contributed by atoms with Crippen molar-refractivity contribution in [1.29, 1.82) is 0 Å². The molecule has 0 N–H and O–H groups in total. The lowest BCUT2D eigenvalue weighted by Gasteiger charge is -2.20. The quantitative estimate of drug-likeness (QED) is 0.263. The minimum absolute atomic E-state index is 0.0774. The van der Waals surface area contributed by atoms with E-state index in [0.29, 0.717) is 12.8 Å². The number of rotatable bonds is 12. The minimum Gasteiger partial charge on any atom is -0.422 e. The van der Waals surface area contributed by atoms with Crippen LogP contribution in [0.3, 0.4) is 0 Å². The van der Waals surface area contributed by atoms with Gasteiger partial charge in [-0.2, -0.15) is 0 Å². The van der Waals surface area contributed by atoms with Crippen LogP contribution in [-0.2, 0) is 28.5 Å². The van der Waals surface area contributed by atoms with Crippen molar-refractivity contribution in [2.75, 3.05) is 0 Å². The fourth-order valence-corrected chi connectivity index (χ4v) is 2.40. The number of hydrogen-bond acceptors (Lipinski definition) is 8. The van der Waals surface area contributed by atoms with E-state index in [4.69, 9.17) is 18.9 Å². The van der Waals surface area contributed by atoms with Crippen molar-refractivity contribution in [1.82, 2.24) is 0 Å². The van der Waals surface area contributed by atoms with Crippen LogP contribution in [0.25, 0.3) is 0 Å². The Morgan fingerprint density at radius 2 is 1.06 bits per heavy atom. The average Bonchev–Trinajstić information content (AvgIpc) is 2.73. The summed E-state index contributed by atoms with van der Waals surface area (Å²) in [5.74, 6) is -3.11. The van der Waals surface area contributed by atoms with Crippen LogP contribution in [0.4, 0.5) is 0 Å². The summed E-state index contributed by atoms with van der Waals surface area (Å²) in [6.45, 7) is 13.6. The fourth-order valence-electron chi connectivity index (χ4n) is 2.40. The summed E-state index contributed by atoms with van der Waals surface area (Å²) in [6.07, 6.45) is -0.565. The molecule has 8 heteroatoms.